The van der Waals surface area contributed by atoms with Gasteiger partial charge < -0.3 is 15.0 Å². The van der Waals surface area contributed by atoms with E-state index in [1.165, 1.54) is 11.1 Å². The fraction of sp³-hybridized carbons (Fsp3) is 0.316. The van der Waals surface area contributed by atoms with Crippen LogP contribution < -0.4 is 15.0 Å². The van der Waals surface area contributed by atoms with Gasteiger partial charge in [-0.1, -0.05) is 0 Å². The van der Waals surface area contributed by atoms with Crippen LogP contribution in [0, 0.1) is 0 Å². The molecule has 0 aliphatic carbocycles. The number of nitrogens with one attached hydrogen (secondary N) is 1. The lowest BCUT2D eigenvalue weighted by molar-refractivity contribution is -0.274. The molecular formula is C19H16F6N6O3S2. The first kappa shape index (κ1) is 25.9. The number of nitrogens with zero attached hydrogens (tertiary/aromatic N) is 5. The first-order valence-corrected chi connectivity index (χ1v) is 12.4. The normalized spacial score (nSPS) is 15.7. The summed E-state index contributed by atoms with van der Waals surface area (Å²) in [7, 11) is -4.07. The first-order valence-electron chi connectivity index (χ1n) is 10.0. The summed E-state index contributed by atoms with van der Waals surface area (Å²) < 4.78 is 108. The molecule has 1 aliphatic rings. The van der Waals surface area contributed by atoms with E-state index in [1.54, 1.807) is 5.38 Å². The first-order chi connectivity index (χ1) is 16.8. The molecule has 0 saturated carbocycles. The quantitative estimate of drug-likeness (QED) is 0.455. The SMILES string of the molecule is O=S(=O)(c1ccc(OC(F)(F)F)cc1)N1CCN(c2nc(Nc3nccs3)cc(C(F)(F)F)n2)CC1. The predicted octanol–water partition coefficient (Wildman–Crippen LogP) is 4.11. The van der Waals surface area contributed by atoms with E-state index in [1.807, 2.05) is 0 Å². The monoisotopic (exact) mass is 554 g/mol. The van der Waals surface area contributed by atoms with Crippen molar-refractivity contribution in [3.05, 3.63) is 47.6 Å². The smallest absolute Gasteiger partial charge is 0.406 e. The van der Waals surface area contributed by atoms with E-state index in [0.29, 0.717) is 5.13 Å². The molecular weight excluding hydrogens is 538 g/mol. The van der Waals surface area contributed by atoms with E-state index in [2.05, 4.69) is 25.0 Å². The molecule has 0 spiro atoms. The number of ether oxygens (including phenoxy) is 1. The van der Waals surface area contributed by atoms with Crippen LogP contribution >= 0.6 is 11.3 Å². The standard InChI is InChI=1S/C19H16F6N6O3S2/c20-18(21,22)14-11-15(29-17-26-5-10-35-17)28-16(27-14)30-6-8-31(9-7-30)36(32,33)13-3-1-12(2-4-13)34-19(23,24)25/h1-5,10-11H,6-9H2,(H,26,27,28,29). The third kappa shape index (κ3) is 6.14. The number of benzene rings is 1. The Morgan fingerprint density at radius 2 is 1.64 bits per heavy atom. The van der Waals surface area contributed by atoms with Crippen LogP contribution in [0.5, 0.6) is 5.75 Å². The van der Waals surface area contributed by atoms with Gasteiger partial charge in [0.25, 0.3) is 0 Å². The van der Waals surface area contributed by atoms with Crippen molar-refractivity contribution in [2.75, 3.05) is 36.4 Å². The van der Waals surface area contributed by atoms with Gasteiger partial charge in [-0.15, -0.1) is 24.5 Å². The molecule has 3 aromatic rings. The van der Waals surface area contributed by atoms with Crippen molar-refractivity contribution in [1.29, 1.82) is 0 Å². The fourth-order valence-electron chi connectivity index (χ4n) is 3.27. The van der Waals surface area contributed by atoms with Gasteiger partial charge >= 0.3 is 12.5 Å². The van der Waals surface area contributed by atoms with Crippen LogP contribution in [0.25, 0.3) is 0 Å². The van der Waals surface area contributed by atoms with Crippen molar-refractivity contribution in [2.24, 2.45) is 0 Å². The third-order valence-electron chi connectivity index (χ3n) is 4.89. The number of thiazole rings is 1. The van der Waals surface area contributed by atoms with Gasteiger partial charge in [-0.05, 0) is 24.3 Å². The maximum atomic E-state index is 13.4. The Bertz CT molecular complexity index is 1290. The molecule has 9 nitrogen and oxygen atoms in total. The lowest BCUT2D eigenvalue weighted by atomic mass is 10.3. The fourth-order valence-corrected chi connectivity index (χ4v) is 5.23. The van der Waals surface area contributed by atoms with E-state index in [4.69, 9.17) is 0 Å². The topological polar surface area (TPSA) is 101 Å². The van der Waals surface area contributed by atoms with Crippen LogP contribution in [0.2, 0.25) is 0 Å². The number of hydrogen-bond acceptors (Lipinski definition) is 9. The van der Waals surface area contributed by atoms with Crippen LogP contribution in [0.3, 0.4) is 0 Å². The summed E-state index contributed by atoms with van der Waals surface area (Å²) >= 11 is 1.16. The minimum atomic E-state index is -4.92. The largest absolute Gasteiger partial charge is 0.573 e. The Kier molecular flexibility index (Phi) is 6.98. The molecule has 0 amide bonds. The average molecular weight is 554 g/mol. The van der Waals surface area contributed by atoms with E-state index >= 15 is 0 Å². The number of halogens is 6. The van der Waals surface area contributed by atoms with Crippen molar-refractivity contribution in [2.45, 2.75) is 17.4 Å². The van der Waals surface area contributed by atoms with Gasteiger partial charge in [-0.3, -0.25) is 0 Å². The molecule has 4 rings (SSSR count). The Balaban J connectivity index is 1.49. The van der Waals surface area contributed by atoms with Gasteiger partial charge in [-0.2, -0.15) is 22.5 Å². The number of aromatic nitrogens is 3. The molecule has 1 saturated heterocycles. The number of alkyl halides is 6. The van der Waals surface area contributed by atoms with Gasteiger partial charge in [0.2, 0.25) is 16.0 Å². The number of sulfonamides is 1. The molecule has 2 aromatic heterocycles. The summed E-state index contributed by atoms with van der Waals surface area (Å²) in [6.07, 6.45) is -8.20. The highest BCUT2D eigenvalue weighted by Gasteiger charge is 2.36. The zero-order chi connectivity index (χ0) is 26.1. The van der Waals surface area contributed by atoms with E-state index in [9.17, 15) is 34.8 Å². The molecule has 1 aromatic carbocycles. The van der Waals surface area contributed by atoms with Crippen LogP contribution in [0.4, 0.5) is 43.2 Å². The van der Waals surface area contributed by atoms with Crippen molar-refractivity contribution in [1.82, 2.24) is 19.3 Å². The van der Waals surface area contributed by atoms with Crippen molar-refractivity contribution >= 4 is 38.3 Å². The lowest BCUT2D eigenvalue weighted by Crippen LogP contribution is -2.49. The van der Waals surface area contributed by atoms with Gasteiger partial charge in [0.05, 0.1) is 4.90 Å². The summed E-state index contributed by atoms with van der Waals surface area (Å²) in [5, 5.41) is 4.65. The Morgan fingerprint density at radius 1 is 0.972 bits per heavy atom. The van der Waals surface area contributed by atoms with Crippen LogP contribution in [0.15, 0.2) is 46.8 Å². The second-order valence-electron chi connectivity index (χ2n) is 7.31. The van der Waals surface area contributed by atoms with E-state index in [0.717, 1.165) is 46.0 Å². The van der Waals surface area contributed by atoms with Gasteiger partial charge in [0.1, 0.15) is 11.6 Å². The molecule has 1 N–H and O–H groups in total. The number of rotatable bonds is 6. The lowest BCUT2D eigenvalue weighted by Gasteiger charge is -2.34. The summed E-state index contributed by atoms with van der Waals surface area (Å²) in [6, 6.07) is 4.47. The van der Waals surface area contributed by atoms with Crippen LogP contribution in [-0.4, -0.2) is 60.2 Å². The van der Waals surface area contributed by atoms with Crippen LogP contribution in [0.1, 0.15) is 5.69 Å². The maximum absolute atomic E-state index is 13.4. The molecule has 3 heterocycles. The van der Waals surface area contributed by atoms with Gasteiger partial charge in [0.15, 0.2) is 10.8 Å². The van der Waals surface area contributed by atoms with Crippen molar-refractivity contribution < 1.29 is 39.5 Å². The molecule has 1 aliphatic heterocycles. The third-order valence-corrected chi connectivity index (χ3v) is 7.49. The molecule has 0 unspecified atom stereocenters. The van der Waals surface area contributed by atoms with E-state index in [-0.39, 0.29) is 42.8 Å². The molecule has 0 atom stereocenters. The summed E-state index contributed by atoms with van der Waals surface area (Å²) in [4.78, 5) is 12.8. The van der Waals surface area contributed by atoms with Crippen LogP contribution in [-0.2, 0) is 16.2 Å². The zero-order valence-corrected chi connectivity index (χ0v) is 19.5. The maximum Gasteiger partial charge on any atom is 0.573 e. The van der Waals surface area contributed by atoms with E-state index < -0.39 is 34.0 Å². The summed E-state index contributed by atoms with van der Waals surface area (Å²) in [5.41, 5.74) is -1.18. The molecule has 0 radical (unpaired) electrons. The molecule has 1 fully saturated rings. The second kappa shape index (κ2) is 9.70. The minimum Gasteiger partial charge on any atom is -0.406 e. The Morgan fingerprint density at radius 3 is 2.19 bits per heavy atom. The van der Waals surface area contributed by atoms with Crippen molar-refractivity contribution in [3.63, 3.8) is 0 Å². The summed E-state index contributed by atoms with van der Waals surface area (Å²) in [5.74, 6) is -0.941. The highest BCUT2D eigenvalue weighted by molar-refractivity contribution is 7.89. The number of piperazine rings is 1. The average Bonchev–Trinajstić information content (AvgIpc) is 3.31. The molecule has 17 heteroatoms. The molecule has 194 valence electrons. The number of anilines is 3. The molecule has 0 bridgehead atoms. The highest BCUT2D eigenvalue weighted by Crippen LogP contribution is 2.32. The van der Waals surface area contributed by atoms with Crippen molar-refractivity contribution in [3.8, 4) is 5.75 Å². The van der Waals surface area contributed by atoms with Gasteiger partial charge in [0, 0.05) is 43.8 Å². The minimum absolute atomic E-state index is 0.0213. The highest BCUT2D eigenvalue weighted by atomic mass is 32.2. The molecule has 36 heavy (non-hydrogen) atoms. The Hall–Kier alpha value is -3.18. The number of hydrogen-bond donors (Lipinski definition) is 1. The van der Waals surface area contributed by atoms with Gasteiger partial charge in [-0.25, -0.2) is 18.4 Å². The predicted molar refractivity (Wildman–Crippen MR) is 117 cm³/mol. The second-order valence-corrected chi connectivity index (χ2v) is 10.1. The summed E-state index contributed by atoms with van der Waals surface area (Å²) in [6.45, 7) is -0.269. The zero-order valence-electron chi connectivity index (χ0n) is 17.9. The Labute approximate surface area is 204 Å².